The molecule has 1 aliphatic rings. The number of nitrogens with zero attached hydrogens (tertiary/aromatic N) is 1. The molecule has 2 atom stereocenters. The van der Waals surface area contributed by atoms with Crippen LogP contribution in [0.3, 0.4) is 0 Å². The van der Waals surface area contributed by atoms with Gasteiger partial charge in [0.1, 0.15) is 0 Å². The molecule has 0 amide bonds. The third-order valence-corrected chi connectivity index (χ3v) is 2.54. The van der Waals surface area contributed by atoms with Crippen LogP contribution in [0.1, 0.15) is 33.6 Å². The molecule has 72 valence electrons. The fraction of sp³-hybridized carbons (Fsp3) is 0.583. The summed E-state index contributed by atoms with van der Waals surface area (Å²) in [5.41, 5.74) is 1.38. The zero-order valence-corrected chi connectivity index (χ0v) is 8.83. The molecule has 0 radical (unpaired) electrons. The van der Waals surface area contributed by atoms with E-state index in [1.54, 1.807) is 0 Å². The lowest BCUT2D eigenvalue weighted by atomic mass is 9.93. The van der Waals surface area contributed by atoms with E-state index in [4.69, 9.17) is 0 Å². The van der Waals surface area contributed by atoms with Crippen molar-refractivity contribution in [2.45, 2.75) is 39.7 Å². The highest BCUT2D eigenvalue weighted by Gasteiger charge is 2.15. The van der Waals surface area contributed by atoms with Gasteiger partial charge in [-0.3, -0.25) is 4.99 Å². The second kappa shape index (κ2) is 5.00. The van der Waals surface area contributed by atoms with Crippen molar-refractivity contribution in [3.8, 4) is 0 Å². The highest BCUT2D eigenvalue weighted by atomic mass is 14.8. The molecule has 0 aromatic rings. The molecule has 1 nitrogen and oxygen atoms in total. The van der Waals surface area contributed by atoms with E-state index in [0.717, 1.165) is 12.8 Å². The molecule has 0 fully saturated rings. The molecule has 1 heterocycles. The van der Waals surface area contributed by atoms with E-state index in [1.807, 2.05) is 6.21 Å². The van der Waals surface area contributed by atoms with Crippen molar-refractivity contribution < 1.29 is 0 Å². The zero-order chi connectivity index (χ0) is 9.68. The molecule has 0 spiro atoms. The van der Waals surface area contributed by atoms with Gasteiger partial charge in [0, 0.05) is 6.21 Å². The van der Waals surface area contributed by atoms with E-state index in [2.05, 4.69) is 44.0 Å². The average molecular weight is 177 g/mol. The third kappa shape index (κ3) is 2.83. The molecular weight excluding hydrogens is 158 g/mol. The van der Waals surface area contributed by atoms with Crippen molar-refractivity contribution >= 4 is 6.21 Å². The molecule has 0 saturated carbocycles. The summed E-state index contributed by atoms with van der Waals surface area (Å²) in [7, 11) is 0. The lowest BCUT2D eigenvalue weighted by molar-refractivity contribution is 0.539. The molecule has 0 saturated heterocycles. The van der Waals surface area contributed by atoms with Crippen LogP contribution in [0.15, 0.2) is 28.8 Å². The summed E-state index contributed by atoms with van der Waals surface area (Å²) in [6.45, 7) is 6.49. The highest BCUT2D eigenvalue weighted by Crippen LogP contribution is 2.20. The monoisotopic (exact) mass is 177 g/mol. The van der Waals surface area contributed by atoms with Gasteiger partial charge in [0.2, 0.25) is 0 Å². The maximum atomic E-state index is 4.56. The summed E-state index contributed by atoms with van der Waals surface area (Å²) in [4.78, 5) is 4.56. The van der Waals surface area contributed by atoms with E-state index >= 15 is 0 Å². The van der Waals surface area contributed by atoms with Crippen LogP contribution in [0.4, 0.5) is 0 Å². The Morgan fingerprint density at radius 1 is 1.54 bits per heavy atom. The van der Waals surface area contributed by atoms with Crippen LogP contribution in [0.2, 0.25) is 0 Å². The quantitative estimate of drug-likeness (QED) is 0.586. The van der Waals surface area contributed by atoms with Crippen LogP contribution >= 0.6 is 0 Å². The van der Waals surface area contributed by atoms with Crippen molar-refractivity contribution in [2.24, 2.45) is 10.9 Å². The summed E-state index contributed by atoms with van der Waals surface area (Å²) < 4.78 is 0. The number of dihydropyridines is 1. The van der Waals surface area contributed by atoms with E-state index in [0.29, 0.717) is 12.0 Å². The minimum Gasteiger partial charge on any atom is -0.289 e. The van der Waals surface area contributed by atoms with Gasteiger partial charge in [-0.25, -0.2) is 0 Å². The van der Waals surface area contributed by atoms with E-state index in [-0.39, 0.29) is 0 Å². The number of aliphatic imine (C=N–C) groups is 1. The summed E-state index contributed by atoms with van der Waals surface area (Å²) in [6, 6.07) is 0.464. The Hall–Kier alpha value is -0.850. The maximum absolute atomic E-state index is 4.56. The van der Waals surface area contributed by atoms with Gasteiger partial charge >= 0.3 is 0 Å². The van der Waals surface area contributed by atoms with E-state index in [9.17, 15) is 0 Å². The Morgan fingerprint density at radius 2 is 2.31 bits per heavy atom. The smallest absolute Gasteiger partial charge is 0.0594 e. The second-order valence-electron chi connectivity index (χ2n) is 3.60. The minimum absolute atomic E-state index is 0.464. The molecule has 13 heavy (non-hydrogen) atoms. The van der Waals surface area contributed by atoms with Gasteiger partial charge in [-0.15, -0.1) is 0 Å². The molecule has 0 aromatic carbocycles. The average Bonchev–Trinajstić information content (AvgIpc) is 2.16. The predicted molar refractivity (Wildman–Crippen MR) is 59.2 cm³/mol. The molecule has 1 unspecified atom stereocenters. The Kier molecular flexibility index (Phi) is 3.94. The zero-order valence-electron chi connectivity index (χ0n) is 8.83. The Labute approximate surface area is 81.3 Å². The van der Waals surface area contributed by atoms with Gasteiger partial charge in [0.05, 0.1) is 6.04 Å². The lowest BCUT2D eigenvalue weighted by Crippen LogP contribution is -2.17. The number of rotatable bonds is 3. The van der Waals surface area contributed by atoms with Crippen molar-refractivity contribution in [3.63, 3.8) is 0 Å². The first kappa shape index (κ1) is 10.2. The molecule has 0 bridgehead atoms. The summed E-state index contributed by atoms with van der Waals surface area (Å²) in [6.07, 6.45) is 10.9. The normalized spacial score (nSPS) is 28.1. The summed E-state index contributed by atoms with van der Waals surface area (Å²) >= 11 is 0. The highest BCUT2D eigenvalue weighted by molar-refractivity contribution is 5.79. The maximum Gasteiger partial charge on any atom is 0.0594 e. The predicted octanol–water partition coefficient (Wildman–Crippen LogP) is 3.38. The number of hydrogen-bond donors (Lipinski definition) is 0. The SMILES string of the molecule is C/C=C/C[C@H]1N=CC(CC)=CC1C. The molecule has 1 heteroatoms. The van der Waals surface area contributed by atoms with Crippen molar-refractivity contribution in [1.82, 2.24) is 0 Å². The van der Waals surface area contributed by atoms with Crippen LogP contribution in [0, 0.1) is 5.92 Å². The largest absolute Gasteiger partial charge is 0.289 e. The van der Waals surface area contributed by atoms with Crippen LogP contribution in [0.5, 0.6) is 0 Å². The van der Waals surface area contributed by atoms with Gasteiger partial charge in [-0.1, -0.05) is 32.1 Å². The van der Waals surface area contributed by atoms with Gasteiger partial charge in [-0.05, 0) is 31.3 Å². The molecule has 1 rings (SSSR count). The Morgan fingerprint density at radius 3 is 2.85 bits per heavy atom. The van der Waals surface area contributed by atoms with E-state index in [1.165, 1.54) is 5.57 Å². The fourth-order valence-electron chi connectivity index (χ4n) is 1.58. The molecule has 1 aliphatic heterocycles. The molecule has 0 aliphatic carbocycles. The summed E-state index contributed by atoms with van der Waals surface area (Å²) in [5.74, 6) is 0.594. The summed E-state index contributed by atoms with van der Waals surface area (Å²) in [5, 5.41) is 0. The van der Waals surface area contributed by atoms with Crippen molar-refractivity contribution in [2.75, 3.05) is 0 Å². The first-order chi connectivity index (χ1) is 6.27. The van der Waals surface area contributed by atoms with Crippen molar-refractivity contribution in [1.29, 1.82) is 0 Å². The van der Waals surface area contributed by atoms with Gasteiger partial charge in [0.15, 0.2) is 0 Å². The van der Waals surface area contributed by atoms with Gasteiger partial charge in [0.25, 0.3) is 0 Å². The Bertz CT molecular complexity index is 236. The first-order valence-corrected chi connectivity index (χ1v) is 5.13. The molecule has 0 aromatic heterocycles. The van der Waals surface area contributed by atoms with E-state index < -0.39 is 0 Å². The molecule has 0 N–H and O–H groups in total. The minimum atomic E-state index is 0.464. The third-order valence-electron chi connectivity index (χ3n) is 2.54. The topological polar surface area (TPSA) is 12.4 Å². The van der Waals surface area contributed by atoms with Crippen LogP contribution in [0.25, 0.3) is 0 Å². The van der Waals surface area contributed by atoms with Crippen LogP contribution in [-0.2, 0) is 0 Å². The standard InChI is InChI=1S/C12H19N/c1-4-6-7-12-10(3)8-11(5-2)9-13-12/h4,6,8-10,12H,5,7H2,1-3H3/b6-4+/t10?,12-/m1/s1. The molecular formula is C12H19N. The first-order valence-electron chi connectivity index (χ1n) is 5.13. The van der Waals surface area contributed by atoms with Gasteiger partial charge < -0.3 is 0 Å². The fourth-order valence-corrected chi connectivity index (χ4v) is 1.58. The number of hydrogen-bond acceptors (Lipinski definition) is 1. The Balaban J connectivity index is 2.55. The second-order valence-corrected chi connectivity index (χ2v) is 3.60. The lowest BCUT2D eigenvalue weighted by Gasteiger charge is -2.20. The van der Waals surface area contributed by atoms with Gasteiger partial charge in [-0.2, -0.15) is 0 Å². The van der Waals surface area contributed by atoms with Crippen LogP contribution < -0.4 is 0 Å². The van der Waals surface area contributed by atoms with Crippen molar-refractivity contribution in [3.05, 3.63) is 23.8 Å². The van der Waals surface area contributed by atoms with Crippen LogP contribution in [-0.4, -0.2) is 12.3 Å². The number of allylic oxidation sites excluding steroid dienone is 2.